The molecule has 0 amide bonds. The third kappa shape index (κ3) is 3.47. The van der Waals surface area contributed by atoms with Crippen molar-refractivity contribution in [1.82, 2.24) is 14.5 Å². The van der Waals surface area contributed by atoms with Gasteiger partial charge in [-0.25, -0.2) is 9.97 Å². The Balaban J connectivity index is 1.93. The SMILES string of the molecule is Cc1ccc(C#N)c(C(=O)Cc2nc3ccccc3c(=O)n2-c2ccccc2Cl)n1. The topological polar surface area (TPSA) is 88.6 Å². The second-order valence-corrected chi connectivity index (χ2v) is 7.10. The molecule has 2 heterocycles. The van der Waals surface area contributed by atoms with Crippen LogP contribution in [0.15, 0.2) is 65.5 Å². The first-order valence-corrected chi connectivity index (χ1v) is 9.54. The lowest BCUT2D eigenvalue weighted by atomic mass is 10.1. The van der Waals surface area contributed by atoms with Crippen LogP contribution in [0.1, 0.15) is 27.6 Å². The smallest absolute Gasteiger partial charge is 0.266 e. The zero-order chi connectivity index (χ0) is 21.3. The summed E-state index contributed by atoms with van der Waals surface area (Å²) in [4.78, 5) is 35.1. The van der Waals surface area contributed by atoms with Crippen molar-refractivity contribution in [2.24, 2.45) is 0 Å². The first kappa shape index (κ1) is 19.5. The van der Waals surface area contributed by atoms with Gasteiger partial charge in [0.25, 0.3) is 5.56 Å². The minimum atomic E-state index is -0.404. The molecule has 0 spiro atoms. The Hall–Kier alpha value is -3.82. The molecule has 0 fully saturated rings. The zero-order valence-electron chi connectivity index (χ0n) is 16.0. The molecule has 30 heavy (non-hydrogen) atoms. The third-order valence-corrected chi connectivity index (χ3v) is 5.00. The maximum absolute atomic E-state index is 13.3. The third-order valence-electron chi connectivity index (χ3n) is 4.68. The van der Waals surface area contributed by atoms with Crippen LogP contribution in [0.5, 0.6) is 0 Å². The molecule has 0 saturated heterocycles. The van der Waals surface area contributed by atoms with Crippen molar-refractivity contribution in [1.29, 1.82) is 5.26 Å². The lowest BCUT2D eigenvalue weighted by molar-refractivity contribution is 0.0985. The highest BCUT2D eigenvalue weighted by atomic mass is 35.5. The summed E-state index contributed by atoms with van der Waals surface area (Å²) < 4.78 is 1.35. The molecule has 2 aromatic carbocycles. The normalized spacial score (nSPS) is 10.7. The fourth-order valence-electron chi connectivity index (χ4n) is 3.27. The van der Waals surface area contributed by atoms with Crippen LogP contribution < -0.4 is 5.56 Å². The molecule has 0 aliphatic rings. The number of hydrogen-bond acceptors (Lipinski definition) is 5. The predicted octanol–water partition coefficient (Wildman–Crippen LogP) is 4.04. The number of ketones is 1. The number of para-hydroxylation sites is 2. The van der Waals surface area contributed by atoms with Gasteiger partial charge in [-0.15, -0.1) is 0 Å². The summed E-state index contributed by atoms with van der Waals surface area (Å²) in [5.41, 5.74) is 1.44. The molecule has 0 N–H and O–H groups in total. The standard InChI is InChI=1S/C23H15ClN4O2/c1-14-10-11-15(13-25)22(26-14)20(29)12-21-27-18-8-4-2-6-16(18)23(30)28(21)19-9-5-3-7-17(19)24/h2-11H,12H2,1H3. The number of fused-ring (bicyclic) bond motifs is 1. The molecular weight excluding hydrogens is 400 g/mol. The summed E-state index contributed by atoms with van der Waals surface area (Å²) in [5.74, 6) is -0.178. The Kier molecular flexibility index (Phi) is 5.13. The fraction of sp³-hybridized carbons (Fsp3) is 0.0870. The average molecular weight is 415 g/mol. The molecule has 0 atom stereocenters. The molecule has 2 aromatic heterocycles. The van der Waals surface area contributed by atoms with Crippen LogP contribution in [-0.4, -0.2) is 20.3 Å². The van der Waals surface area contributed by atoms with Crippen LogP contribution in [0, 0.1) is 18.3 Å². The highest BCUT2D eigenvalue weighted by Crippen LogP contribution is 2.22. The van der Waals surface area contributed by atoms with Gasteiger partial charge >= 0.3 is 0 Å². The van der Waals surface area contributed by atoms with E-state index >= 15 is 0 Å². The van der Waals surface area contributed by atoms with E-state index in [9.17, 15) is 14.9 Å². The van der Waals surface area contributed by atoms with Gasteiger partial charge in [-0.1, -0.05) is 35.9 Å². The molecule has 0 aliphatic carbocycles. The van der Waals surface area contributed by atoms with E-state index < -0.39 is 5.78 Å². The Morgan fingerprint density at radius 2 is 1.80 bits per heavy atom. The van der Waals surface area contributed by atoms with Gasteiger partial charge in [0.05, 0.1) is 33.6 Å². The minimum Gasteiger partial charge on any atom is -0.292 e. The number of carbonyl (C=O) groups is 1. The molecule has 6 nitrogen and oxygen atoms in total. The molecule has 4 rings (SSSR count). The number of benzene rings is 2. The Morgan fingerprint density at radius 3 is 2.57 bits per heavy atom. The Labute approximate surface area is 177 Å². The van der Waals surface area contributed by atoms with Crippen molar-refractivity contribution in [2.75, 3.05) is 0 Å². The van der Waals surface area contributed by atoms with Crippen LogP contribution in [0.2, 0.25) is 5.02 Å². The molecule has 7 heteroatoms. The molecule has 0 bridgehead atoms. The number of aromatic nitrogens is 3. The first-order chi connectivity index (χ1) is 14.5. The first-order valence-electron chi connectivity index (χ1n) is 9.16. The highest BCUT2D eigenvalue weighted by Gasteiger charge is 2.20. The summed E-state index contributed by atoms with van der Waals surface area (Å²) in [7, 11) is 0. The molecule has 0 aliphatic heterocycles. The molecule has 4 aromatic rings. The summed E-state index contributed by atoms with van der Waals surface area (Å²) in [6.45, 7) is 1.74. The van der Waals surface area contributed by atoms with E-state index in [2.05, 4.69) is 9.97 Å². The number of halogens is 1. The monoisotopic (exact) mass is 414 g/mol. The largest absolute Gasteiger partial charge is 0.292 e. The van der Waals surface area contributed by atoms with Crippen LogP contribution >= 0.6 is 11.6 Å². The summed E-state index contributed by atoms with van der Waals surface area (Å²) in [6.07, 6.45) is -0.212. The van der Waals surface area contributed by atoms with Crippen molar-refractivity contribution >= 4 is 28.3 Å². The van der Waals surface area contributed by atoms with Crippen molar-refractivity contribution in [2.45, 2.75) is 13.3 Å². The van der Waals surface area contributed by atoms with Crippen LogP contribution in [-0.2, 0) is 6.42 Å². The van der Waals surface area contributed by atoms with Crippen LogP contribution in [0.4, 0.5) is 0 Å². The van der Waals surface area contributed by atoms with Gasteiger partial charge < -0.3 is 0 Å². The molecular formula is C23H15ClN4O2. The Bertz CT molecular complexity index is 1400. The van der Waals surface area contributed by atoms with Gasteiger partial charge in [-0.2, -0.15) is 5.26 Å². The van der Waals surface area contributed by atoms with Crippen molar-refractivity contribution < 1.29 is 4.79 Å². The van der Waals surface area contributed by atoms with E-state index in [4.69, 9.17) is 11.6 Å². The van der Waals surface area contributed by atoms with Gasteiger partial charge in [0, 0.05) is 5.69 Å². The van der Waals surface area contributed by atoms with Gasteiger partial charge in [0.2, 0.25) is 0 Å². The maximum atomic E-state index is 13.3. The van der Waals surface area contributed by atoms with Crippen molar-refractivity contribution in [3.8, 4) is 11.8 Å². The molecule has 0 radical (unpaired) electrons. The van der Waals surface area contributed by atoms with Gasteiger partial charge in [-0.3, -0.25) is 14.2 Å². The van der Waals surface area contributed by atoms with Gasteiger partial charge in [0.15, 0.2) is 5.78 Å². The number of nitrogens with zero attached hydrogens (tertiary/aromatic N) is 4. The number of rotatable bonds is 4. The zero-order valence-corrected chi connectivity index (χ0v) is 16.7. The predicted molar refractivity (Wildman–Crippen MR) is 114 cm³/mol. The van der Waals surface area contributed by atoms with Gasteiger partial charge in [0.1, 0.15) is 17.6 Å². The molecule has 146 valence electrons. The number of pyridine rings is 1. The minimum absolute atomic E-state index is 0.0608. The number of aryl methyl sites for hydroxylation is 1. The van der Waals surface area contributed by atoms with E-state index in [-0.39, 0.29) is 29.1 Å². The summed E-state index contributed by atoms with van der Waals surface area (Å²) in [6, 6.07) is 19.0. The second-order valence-electron chi connectivity index (χ2n) is 6.70. The maximum Gasteiger partial charge on any atom is 0.266 e. The van der Waals surface area contributed by atoms with Crippen LogP contribution in [0.3, 0.4) is 0 Å². The quantitative estimate of drug-likeness (QED) is 0.470. The van der Waals surface area contributed by atoms with E-state index in [1.54, 1.807) is 67.6 Å². The van der Waals surface area contributed by atoms with E-state index in [1.165, 1.54) is 4.57 Å². The number of carbonyl (C=O) groups excluding carboxylic acids is 1. The second kappa shape index (κ2) is 7.90. The Morgan fingerprint density at radius 1 is 1.07 bits per heavy atom. The van der Waals surface area contributed by atoms with E-state index in [1.807, 2.05) is 6.07 Å². The number of nitriles is 1. The fourth-order valence-corrected chi connectivity index (χ4v) is 3.49. The van der Waals surface area contributed by atoms with E-state index in [0.29, 0.717) is 27.3 Å². The van der Waals surface area contributed by atoms with Gasteiger partial charge in [-0.05, 0) is 43.3 Å². The average Bonchev–Trinajstić information content (AvgIpc) is 2.75. The van der Waals surface area contributed by atoms with Crippen LogP contribution in [0.25, 0.3) is 16.6 Å². The van der Waals surface area contributed by atoms with Crippen molar-refractivity contribution in [3.05, 3.63) is 98.8 Å². The molecule has 0 saturated carbocycles. The summed E-state index contributed by atoms with van der Waals surface area (Å²) in [5, 5.41) is 10.1. The highest BCUT2D eigenvalue weighted by molar-refractivity contribution is 6.32. The molecule has 0 unspecified atom stereocenters. The summed E-state index contributed by atoms with van der Waals surface area (Å²) >= 11 is 6.35. The van der Waals surface area contributed by atoms with Crippen molar-refractivity contribution in [3.63, 3.8) is 0 Å². The number of Topliss-reactive ketones (excluding diaryl/α,β-unsaturated/α-hetero) is 1. The lowest BCUT2D eigenvalue weighted by Crippen LogP contribution is -2.26. The lowest BCUT2D eigenvalue weighted by Gasteiger charge is -2.14. The number of hydrogen-bond donors (Lipinski definition) is 0. The van der Waals surface area contributed by atoms with E-state index in [0.717, 1.165) is 0 Å².